The van der Waals surface area contributed by atoms with Crippen molar-refractivity contribution in [3.8, 4) is 5.75 Å². The van der Waals surface area contributed by atoms with Crippen LogP contribution in [0.15, 0.2) is 29.3 Å². The molecule has 0 radical (unpaired) electrons. The van der Waals surface area contributed by atoms with Gasteiger partial charge in [-0.1, -0.05) is 25.1 Å². The number of guanidine groups is 1. The highest BCUT2D eigenvalue weighted by atomic mass is 16.5. The predicted octanol–water partition coefficient (Wildman–Crippen LogP) is 2.48. The van der Waals surface area contributed by atoms with Gasteiger partial charge in [0.2, 0.25) is 0 Å². The first kappa shape index (κ1) is 18.6. The van der Waals surface area contributed by atoms with Gasteiger partial charge in [-0.05, 0) is 44.8 Å². The van der Waals surface area contributed by atoms with E-state index in [4.69, 9.17) is 4.74 Å². The lowest BCUT2D eigenvalue weighted by atomic mass is 10.1. The van der Waals surface area contributed by atoms with Crippen molar-refractivity contribution < 1.29 is 4.74 Å². The van der Waals surface area contributed by atoms with Crippen LogP contribution in [0, 0.1) is 5.92 Å². The van der Waals surface area contributed by atoms with Crippen molar-refractivity contribution in [3.05, 3.63) is 29.8 Å². The Kier molecular flexibility index (Phi) is 7.89. The van der Waals surface area contributed by atoms with Gasteiger partial charge >= 0.3 is 0 Å². The van der Waals surface area contributed by atoms with Crippen LogP contribution in [0.2, 0.25) is 0 Å². The van der Waals surface area contributed by atoms with Crippen molar-refractivity contribution in [2.24, 2.45) is 10.9 Å². The second-order valence-electron chi connectivity index (χ2n) is 6.30. The molecule has 0 saturated carbocycles. The molecule has 1 unspecified atom stereocenters. The summed E-state index contributed by atoms with van der Waals surface area (Å²) in [6, 6.07) is 8.14. The highest BCUT2D eigenvalue weighted by molar-refractivity contribution is 5.79. The smallest absolute Gasteiger partial charge is 0.191 e. The summed E-state index contributed by atoms with van der Waals surface area (Å²) in [5.41, 5.74) is 1.15. The topological polar surface area (TPSA) is 48.9 Å². The van der Waals surface area contributed by atoms with Gasteiger partial charge in [0.15, 0.2) is 5.96 Å². The third-order valence-corrected chi connectivity index (χ3v) is 4.41. The van der Waals surface area contributed by atoms with Gasteiger partial charge in [0.1, 0.15) is 5.75 Å². The minimum absolute atomic E-state index is 0.680. The van der Waals surface area contributed by atoms with Crippen molar-refractivity contribution >= 4 is 5.96 Å². The molecule has 0 aromatic heterocycles. The molecule has 2 N–H and O–H groups in total. The molecule has 24 heavy (non-hydrogen) atoms. The molecule has 1 atom stereocenters. The highest BCUT2D eigenvalue weighted by Gasteiger charge is 2.21. The summed E-state index contributed by atoms with van der Waals surface area (Å²) in [5.74, 6) is 2.51. The Morgan fingerprint density at radius 3 is 2.88 bits per heavy atom. The molecule has 1 saturated heterocycles. The Morgan fingerprint density at radius 2 is 2.12 bits per heavy atom. The Bertz CT molecular complexity index is 518. The lowest BCUT2D eigenvalue weighted by Crippen LogP contribution is -2.40. The number of hydrogen-bond donors (Lipinski definition) is 2. The van der Waals surface area contributed by atoms with E-state index >= 15 is 0 Å². The van der Waals surface area contributed by atoms with Crippen LogP contribution in [0.5, 0.6) is 5.75 Å². The fourth-order valence-electron chi connectivity index (χ4n) is 3.19. The Morgan fingerprint density at radius 1 is 1.29 bits per heavy atom. The van der Waals surface area contributed by atoms with Crippen molar-refractivity contribution in [1.29, 1.82) is 0 Å². The second-order valence-corrected chi connectivity index (χ2v) is 6.30. The van der Waals surface area contributed by atoms with Crippen LogP contribution in [-0.4, -0.2) is 50.7 Å². The van der Waals surface area contributed by atoms with Crippen LogP contribution in [0.4, 0.5) is 0 Å². The van der Waals surface area contributed by atoms with Crippen molar-refractivity contribution in [3.63, 3.8) is 0 Å². The van der Waals surface area contributed by atoms with Crippen LogP contribution in [0.1, 0.15) is 32.3 Å². The summed E-state index contributed by atoms with van der Waals surface area (Å²) in [4.78, 5) is 6.89. The summed E-state index contributed by atoms with van der Waals surface area (Å²) >= 11 is 0. The largest absolute Gasteiger partial charge is 0.494 e. The number of rotatable bonds is 8. The third-order valence-electron chi connectivity index (χ3n) is 4.41. The number of aliphatic imine (C=N–C) groups is 1. The monoisotopic (exact) mass is 332 g/mol. The van der Waals surface area contributed by atoms with E-state index in [1.807, 2.05) is 32.2 Å². The number of nitrogens with one attached hydrogen (secondary N) is 2. The maximum atomic E-state index is 5.67. The molecule has 1 aromatic carbocycles. The number of hydrogen-bond acceptors (Lipinski definition) is 3. The summed E-state index contributed by atoms with van der Waals surface area (Å²) in [5, 5.41) is 6.86. The van der Waals surface area contributed by atoms with Crippen LogP contribution in [0.25, 0.3) is 0 Å². The molecular weight excluding hydrogens is 300 g/mol. The molecule has 1 fully saturated rings. The second kappa shape index (κ2) is 10.2. The first-order valence-corrected chi connectivity index (χ1v) is 9.14. The molecule has 1 aromatic rings. The predicted molar refractivity (Wildman–Crippen MR) is 101 cm³/mol. The van der Waals surface area contributed by atoms with E-state index in [2.05, 4.69) is 33.5 Å². The molecular formula is C19H32N4O. The average molecular weight is 332 g/mol. The number of para-hydroxylation sites is 1. The fourth-order valence-corrected chi connectivity index (χ4v) is 3.19. The van der Waals surface area contributed by atoms with Gasteiger partial charge < -0.3 is 20.3 Å². The molecule has 134 valence electrons. The van der Waals surface area contributed by atoms with Gasteiger partial charge in [0.05, 0.1) is 6.61 Å². The summed E-state index contributed by atoms with van der Waals surface area (Å²) in [6.45, 7) is 10.3. The van der Waals surface area contributed by atoms with Gasteiger partial charge in [-0.25, -0.2) is 0 Å². The van der Waals surface area contributed by atoms with E-state index in [0.29, 0.717) is 19.1 Å². The van der Waals surface area contributed by atoms with Gasteiger partial charge in [0.25, 0.3) is 0 Å². The van der Waals surface area contributed by atoms with Crippen LogP contribution in [0.3, 0.4) is 0 Å². The summed E-state index contributed by atoms with van der Waals surface area (Å²) in [6.07, 6.45) is 2.51. The van der Waals surface area contributed by atoms with E-state index in [9.17, 15) is 0 Å². The van der Waals surface area contributed by atoms with Gasteiger partial charge in [-0.15, -0.1) is 0 Å². The first-order valence-electron chi connectivity index (χ1n) is 9.14. The SMILES string of the molecule is CCCN1CCC(CNC(=NC)NCc2ccccc2OCC)C1. The number of benzene rings is 1. The zero-order valence-electron chi connectivity index (χ0n) is 15.3. The maximum Gasteiger partial charge on any atom is 0.191 e. The number of nitrogens with zero attached hydrogens (tertiary/aromatic N) is 2. The van der Waals surface area contributed by atoms with E-state index < -0.39 is 0 Å². The zero-order chi connectivity index (χ0) is 17.2. The molecule has 2 rings (SSSR count). The molecule has 1 aliphatic rings. The molecule has 0 bridgehead atoms. The van der Waals surface area contributed by atoms with Crippen LogP contribution < -0.4 is 15.4 Å². The van der Waals surface area contributed by atoms with Crippen molar-refractivity contribution in [2.45, 2.75) is 33.2 Å². The zero-order valence-corrected chi connectivity index (χ0v) is 15.3. The maximum absolute atomic E-state index is 5.67. The number of likely N-dealkylation sites (tertiary alicyclic amines) is 1. The number of ether oxygens (including phenoxy) is 1. The van der Waals surface area contributed by atoms with E-state index in [0.717, 1.165) is 23.8 Å². The summed E-state index contributed by atoms with van der Waals surface area (Å²) < 4.78 is 5.67. The molecule has 0 aliphatic carbocycles. The fraction of sp³-hybridized carbons (Fsp3) is 0.632. The Hall–Kier alpha value is -1.75. The van der Waals surface area contributed by atoms with E-state index in [-0.39, 0.29) is 0 Å². The van der Waals surface area contributed by atoms with Crippen molar-refractivity contribution in [1.82, 2.24) is 15.5 Å². The van der Waals surface area contributed by atoms with Gasteiger partial charge in [-0.2, -0.15) is 0 Å². The molecule has 1 heterocycles. The lowest BCUT2D eigenvalue weighted by Gasteiger charge is -2.17. The van der Waals surface area contributed by atoms with Gasteiger partial charge in [0, 0.05) is 32.2 Å². The van der Waals surface area contributed by atoms with E-state index in [1.54, 1.807) is 0 Å². The van der Waals surface area contributed by atoms with Gasteiger partial charge in [-0.3, -0.25) is 4.99 Å². The molecule has 0 amide bonds. The Balaban J connectivity index is 1.77. The quantitative estimate of drug-likeness (QED) is 0.567. The standard InChI is InChI=1S/C19H32N4O/c1-4-11-23-12-10-16(15-23)13-21-19(20-3)22-14-17-8-6-7-9-18(17)24-5-2/h6-9,16H,4-5,10-15H2,1-3H3,(H2,20,21,22). The molecule has 5 heteroatoms. The molecule has 0 spiro atoms. The minimum atomic E-state index is 0.680. The first-order chi connectivity index (χ1) is 11.8. The van der Waals surface area contributed by atoms with Crippen LogP contribution in [-0.2, 0) is 6.54 Å². The summed E-state index contributed by atoms with van der Waals surface area (Å²) in [7, 11) is 1.82. The normalized spacial score (nSPS) is 18.6. The third kappa shape index (κ3) is 5.71. The molecule has 5 nitrogen and oxygen atoms in total. The highest BCUT2D eigenvalue weighted by Crippen LogP contribution is 2.17. The lowest BCUT2D eigenvalue weighted by molar-refractivity contribution is 0.324. The van der Waals surface area contributed by atoms with E-state index in [1.165, 1.54) is 32.5 Å². The van der Waals surface area contributed by atoms with Crippen molar-refractivity contribution in [2.75, 3.05) is 39.8 Å². The molecule has 1 aliphatic heterocycles. The Labute approximate surface area is 146 Å². The minimum Gasteiger partial charge on any atom is -0.494 e. The average Bonchev–Trinajstić information content (AvgIpc) is 3.04. The van der Waals surface area contributed by atoms with Crippen LogP contribution >= 0.6 is 0 Å².